The molecule has 0 saturated carbocycles. The third kappa shape index (κ3) is 3.28. The van der Waals surface area contributed by atoms with Crippen LogP contribution in [-0.2, 0) is 6.61 Å². The smallest absolute Gasteiger partial charge is 0.407 e. The van der Waals surface area contributed by atoms with Crippen molar-refractivity contribution < 1.29 is 24.1 Å². The molecule has 0 bridgehead atoms. The van der Waals surface area contributed by atoms with Crippen molar-refractivity contribution in [3.8, 4) is 16.9 Å². The molecular formula is C20H22FN5O4. The van der Waals surface area contributed by atoms with E-state index in [9.17, 15) is 19.4 Å². The Balaban J connectivity index is 1.88. The third-order valence-electron chi connectivity index (χ3n) is 5.56. The maximum Gasteiger partial charge on any atom is 0.407 e. The largest absolute Gasteiger partial charge is 0.496 e. The number of hydrogen-bond donors (Lipinski definition) is 3. The highest BCUT2D eigenvalue weighted by Gasteiger charge is 2.28. The number of aromatic nitrogens is 3. The topological polar surface area (TPSA) is 126 Å². The summed E-state index contributed by atoms with van der Waals surface area (Å²) in [5.41, 5.74) is 8.61. The summed E-state index contributed by atoms with van der Waals surface area (Å²) in [5, 5.41) is 23.1. The first-order valence-electron chi connectivity index (χ1n) is 9.52. The number of anilines is 1. The van der Waals surface area contributed by atoms with E-state index in [0.717, 1.165) is 18.5 Å². The Morgan fingerprint density at radius 1 is 1.40 bits per heavy atom. The van der Waals surface area contributed by atoms with Crippen molar-refractivity contribution in [2.75, 3.05) is 25.9 Å². The highest BCUT2D eigenvalue weighted by molar-refractivity contribution is 5.89. The molecule has 3 aromatic rings. The molecule has 0 aliphatic carbocycles. The van der Waals surface area contributed by atoms with E-state index in [2.05, 4.69) is 10.1 Å². The zero-order valence-corrected chi connectivity index (χ0v) is 16.4. The van der Waals surface area contributed by atoms with Crippen molar-refractivity contribution in [2.45, 2.75) is 25.4 Å². The number of aliphatic hydroxyl groups is 1. The summed E-state index contributed by atoms with van der Waals surface area (Å²) >= 11 is 0. The number of methoxy groups -OCH3 is 1. The molecule has 10 heteroatoms. The SMILES string of the molecule is COc1cc(-c2cc(C3CCCN(C(=O)O)C3)n3ncnc(N)c23)cc(F)c1CO. The van der Waals surface area contributed by atoms with Crippen LogP contribution in [0.5, 0.6) is 5.75 Å². The van der Waals surface area contributed by atoms with Crippen molar-refractivity contribution in [3.05, 3.63) is 41.6 Å². The Labute approximate surface area is 171 Å². The van der Waals surface area contributed by atoms with Crippen LogP contribution in [0, 0.1) is 5.82 Å². The van der Waals surface area contributed by atoms with Gasteiger partial charge in [0.2, 0.25) is 0 Å². The van der Waals surface area contributed by atoms with Gasteiger partial charge in [-0.05, 0) is 36.6 Å². The van der Waals surface area contributed by atoms with Crippen LogP contribution in [0.25, 0.3) is 16.6 Å². The van der Waals surface area contributed by atoms with Crippen LogP contribution >= 0.6 is 0 Å². The number of amides is 1. The van der Waals surface area contributed by atoms with E-state index < -0.39 is 18.5 Å². The maximum absolute atomic E-state index is 14.6. The van der Waals surface area contributed by atoms with Gasteiger partial charge in [-0.3, -0.25) is 0 Å². The summed E-state index contributed by atoms with van der Waals surface area (Å²) in [5.74, 6) is -0.243. The number of halogens is 1. The van der Waals surface area contributed by atoms with Crippen LogP contribution < -0.4 is 10.5 Å². The molecule has 1 aromatic carbocycles. The van der Waals surface area contributed by atoms with Crippen LogP contribution in [0.3, 0.4) is 0 Å². The molecule has 1 saturated heterocycles. The molecule has 158 valence electrons. The highest BCUT2D eigenvalue weighted by atomic mass is 19.1. The predicted molar refractivity (Wildman–Crippen MR) is 107 cm³/mol. The number of nitrogen functional groups attached to an aromatic ring is 1. The fourth-order valence-electron chi connectivity index (χ4n) is 4.10. The summed E-state index contributed by atoms with van der Waals surface area (Å²) in [6, 6.07) is 4.79. The van der Waals surface area contributed by atoms with E-state index in [4.69, 9.17) is 10.5 Å². The Morgan fingerprint density at radius 3 is 2.90 bits per heavy atom. The van der Waals surface area contributed by atoms with Crippen LogP contribution in [0.4, 0.5) is 15.0 Å². The van der Waals surface area contributed by atoms with Gasteiger partial charge in [0.05, 0.1) is 19.3 Å². The van der Waals surface area contributed by atoms with Gasteiger partial charge in [-0.15, -0.1) is 0 Å². The number of carbonyl (C=O) groups is 1. The number of nitrogens with two attached hydrogens (primary N) is 1. The van der Waals surface area contributed by atoms with Crippen LogP contribution in [0.2, 0.25) is 0 Å². The first-order valence-corrected chi connectivity index (χ1v) is 9.52. The number of carboxylic acid groups (broad SMARTS) is 1. The molecule has 1 aliphatic rings. The van der Waals surface area contributed by atoms with Crippen molar-refractivity contribution >= 4 is 17.4 Å². The van der Waals surface area contributed by atoms with E-state index >= 15 is 0 Å². The summed E-state index contributed by atoms with van der Waals surface area (Å²) in [6.07, 6.45) is 1.90. The molecule has 0 spiro atoms. The molecule has 30 heavy (non-hydrogen) atoms. The number of likely N-dealkylation sites (tertiary alicyclic amines) is 1. The lowest BCUT2D eigenvalue weighted by molar-refractivity contribution is 0.130. The third-order valence-corrected chi connectivity index (χ3v) is 5.56. The molecule has 2 aromatic heterocycles. The highest BCUT2D eigenvalue weighted by Crippen LogP contribution is 2.38. The Hall–Kier alpha value is -3.40. The molecule has 1 unspecified atom stereocenters. The van der Waals surface area contributed by atoms with Gasteiger partial charge in [-0.25, -0.2) is 18.7 Å². The fourth-order valence-corrected chi connectivity index (χ4v) is 4.10. The number of piperidine rings is 1. The van der Waals surface area contributed by atoms with Gasteiger partial charge in [0.15, 0.2) is 5.82 Å². The first kappa shape index (κ1) is 19.9. The number of rotatable bonds is 4. The fraction of sp³-hybridized carbons (Fsp3) is 0.350. The van der Waals surface area contributed by atoms with Gasteiger partial charge in [0.25, 0.3) is 0 Å². The van der Waals surface area contributed by atoms with Crippen molar-refractivity contribution in [2.24, 2.45) is 0 Å². The van der Waals surface area contributed by atoms with Gasteiger partial charge >= 0.3 is 6.09 Å². The summed E-state index contributed by atoms with van der Waals surface area (Å²) in [4.78, 5) is 16.9. The summed E-state index contributed by atoms with van der Waals surface area (Å²) in [6.45, 7) is 0.339. The normalized spacial score (nSPS) is 16.8. The quantitative estimate of drug-likeness (QED) is 0.597. The van der Waals surface area contributed by atoms with Crippen LogP contribution in [-0.4, -0.2) is 56.0 Å². The van der Waals surface area contributed by atoms with E-state index in [0.29, 0.717) is 29.7 Å². The minimum absolute atomic E-state index is 0.0681. The van der Waals surface area contributed by atoms with Gasteiger partial charge in [-0.1, -0.05) is 0 Å². The van der Waals surface area contributed by atoms with Crippen molar-refractivity contribution in [1.82, 2.24) is 19.5 Å². The number of ether oxygens (including phenoxy) is 1. The van der Waals surface area contributed by atoms with Gasteiger partial charge < -0.3 is 25.6 Å². The molecule has 1 aliphatic heterocycles. The second-order valence-electron chi connectivity index (χ2n) is 7.25. The Kier molecular flexibility index (Phi) is 5.17. The minimum Gasteiger partial charge on any atom is -0.496 e. The molecule has 9 nitrogen and oxygen atoms in total. The Bertz CT molecular complexity index is 1120. The van der Waals surface area contributed by atoms with Gasteiger partial charge in [-0.2, -0.15) is 5.10 Å². The van der Waals surface area contributed by atoms with Crippen LogP contribution in [0.15, 0.2) is 24.5 Å². The van der Waals surface area contributed by atoms with E-state index in [-0.39, 0.29) is 23.0 Å². The lowest BCUT2D eigenvalue weighted by Crippen LogP contribution is -2.38. The zero-order valence-electron chi connectivity index (χ0n) is 16.4. The van der Waals surface area contributed by atoms with Crippen molar-refractivity contribution in [3.63, 3.8) is 0 Å². The van der Waals surface area contributed by atoms with Crippen LogP contribution in [0.1, 0.15) is 30.0 Å². The molecule has 3 heterocycles. The lowest BCUT2D eigenvalue weighted by Gasteiger charge is -2.30. The zero-order chi connectivity index (χ0) is 21.4. The molecular weight excluding hydrogens is 393 g/mol. The summed E-state index contributed by atoms with van der Waals surface area (Å²) in [7, 11) is 1.40. The average Bonchev–Trinajstić information content (AvgIpc) is 3.14. The maximum atomic E-state index is 14.6. The van der Waals surface area contributed by atoms with Crippen molar-refractivity contribution in [1.29, 1.82) is 0 Å². The predicted octanol–water partition coefficient (Wildman–Crippen LogP) is 2.48. The lowest BCUT2D eigenvalue weighted by atomic mass is 9.94. The van der Waals surface area contributed by atoms with E-state index in [1.807, 2.05) is 6.07 Å². The number of hydrogen-bond acceptors (Lipinski definition) is 6. The molecule has 4 rings (SSSR count). The molecule has 1 fully saturated rings. The molecule has 4 N–H and O–H groups in total. The first-order chi connectivity index (χ1) is 14.4. The number of benzene rings is 1. The minimum atomic E-state index is -0.957. The second kappa shape index (κ2) is 7.79. The van der Waals surface area contributed by atoms with E-state index in [1.54, 1.807) is 10.6 Å². The van der Waals surface area contributed by atoms with Gasteiger partial charge in [0.1, 0.15) is 23.4 Å². The average molecular weight is 415 g/mol. The van der Waals surface area contributed by atoms with E-state index in [1.165, 1.54) is 24.4 Å². The standard InChI is InChI=1S/C20H22FN5O4/c1-30-17-6-12(5-15(21)14(17)9-27)13-7-16(26-18(13)19(22)23-10-24-26)11-3-2-4-25(8-11)20(28)29/h5-7,10-11,27H,2-4,8-9H2,1H3,(H,28,29)(H2,22,23,24). The molecule has 0 radical (unpaired) electrons. The molecule has 1 amide bonds. The van der Waals surface area contributed by atoms with Gasteiger partial charge in [0, 0.05) is 30.3 Å². The summed E-state index contributed by atoms with van der Waals surface area (Å²) < 4.78 is 21.5. The molecule has 1 atom stereocenters. The Morgan fingerprint density at radius 2 is 2.20 bits per heavy atom. The second-order valence-corrected chi connectivity index (χ2v) is 7.25. The monoisotopic (exact) mass is 415 g/mol. The number of aliphatic hydroxyl groups excluding tert-OH is 1. The number of nitrogens with zero attached hydrogens (tertiary/aromatic N) is 4. The number of fused-ring (bicyclic) bond motifs is 1.